The zero-order chi connectivity index (χ0) is 22.1. The first-order valence-corrected chi connectivity index (χ1v) is 11.6. The van der Waals surface area contributed by atoms with E-state index < -0.39 is 0 Å². The molecule has 0 saturated carbocycles. The topological polar surface area (TPSA) is 93.3 Å². The predicted octanol–water partition coefficient (Wildman–Crippen LogP) is 3.24. The van der Waals surface area contributed by atoms with Gasteiger partial charge in [-0.1, -0.05) is 12.1 Å². The minimum atomic E-state index is -0.259. The van der Waals surface area contributed by atoms with Gasteiger partial charge in [0.05, 0.1) is 23.7 Å². The van der Waals surface area contributed by atoms with E-state index in [1.165, 1.54) is 5.56 Å². The van der Waals surface area contributed by atoms with E-state index in [9.17, 15) is 9.90 Å². The summed E-state index contributed by atoms with van der Waals surface area (Å²) in [5.74, 6) is 1.34. The summed E-state index contributed by atoms with van der Waals surface area (Å²) in [7, 11) is 0. The fourth-order valence-corrected chi connectivity index (χ4v) is 4.96. The highest BCUT2D eigenvalue weighted by Gasteiger charge is 2.28. The molecule has 0 unspecified atom stereocenters. The number of aliphatic hydroxyl groups excluding tert-OH is 1. The Morgan fingerprint density at radius 1 is 1.19 bits per heavy atom. The number of aliphatic hydroxyl groups is 1. The SMILES string of the molecule is C[C@H]1C[C@H](O)CN1Cc1nc2ccc(NC(=O)c3ccc(C4CCNCC4)cc3)cc2[nH]1. The van der Waals surface area contributed by atoms with E-state index in [-0.39, 0.29) is 12.0 Å². The van der Waals surface area contributed by atoms with Crippen LogP contribution in [0.15, 0.2) is 42.5 Å². The van der Waals surface area contributed by atoms with Crippen molar-refractivity contribution in [3.05, 3.63) is 59.4 Å². The number of carbonyl (C=O) groups is 1. The number of aromatic nitrogens is 2. The highest BCUT2D eigenvalue weighted by molar-refractivity contribution is 6.05. The average molecular weight is 434 g/mol. The Balaban J connectivity index is 1.25. The van der Waals surface area contributed by atoms with Crippen molar-refractivity contribution in [1.82, 2.24) is 20.2 Å². The van der Waals surface area contributed by atoms with Gasteiger partial charge in [-0.05, 0) is 81.1 Å². The molecule has 2 atom stereocenters. The van der Waals surface area contributed by atoms with Crippen molar-refractivity contribution < 1.29 is 9.90 Å². The summed E-state index contributed by atoms with van der Waals surface area (Å²) in [6.45, 7) is 5.60. The number of benzene rings is 2. The number of H-pyrrole nitrogens is 1. The zero-order valence-electron chi connectivity index (χ0n) is 18.5. The van der Waals surface area contributed by atoms with Gasteiger partial charge in [-0.3, -0.25) is 9.69 Å². The lowest BCUT2D eigenvalue weighted by molar-refractivity contribution is 0.102. The largest absolute Gasteiger partial charge is 0.392 e. The molecule has 168 valence electrons. The van der Waals surface area contributed by atoms with E-state index in [4.69, 9.17) is 0 Å². The van der Waals surface area contributed by atoms with Crippen molar-refractivity contribution in [1.29, 1.82) is 0 Å². The van der Waals surface area contributed by atoms with Crippen LogP contribution >= 0.6 is 0 Å². The first kappa shape index (κ1) is 21.1. The number of rotatable bonds is 5. The lowest BCUT2D eigenvalue weighted by atomic mass is 9.90. The molecule has 1 aromatic heterocycles. The monoisotopic (exact) mass is 433 g/mol. The molecule has 2 aromatic carbocycles. The summed E-state index contributed by atoms with van der Waals surface area (Å²) >= 11 is 0. The number of aromatic amines is 1. The third-order valence-corrected chi connectivity index (χ3v) is 6.81. The van der Waals surface area contributed by atoms with Gasteiger partial charge in [0.1, 0.15) is 5.82 Å². The fourth-order valence-electron chi connectivity index (χ4n) is 4.96. The molecule has 7 nitrogen and oxygen atoms in total. The van der Waals surface area contributed by atoms with Gasteiger partial charge in [-0.15, -0.1) is 0 Å². The third-order valence-electron chi connectivity index (χ3n) is 6.81. The number of carbonyl (C=O) groups excluding carboxylic acids is 1. The van der Waals surface area contributed by atoms with Gasteiger partial charge < -0.3 is 20.7 Å². The number of imidazole rings is 1. The molecule has 32 heavy (non-hydrogen) atoms. The van der Waals surface area contributed by atoms with Gasteiger partial charge in [-0.25, -0.2) is 4.98 Å². The lowest BCUT2D eigenvalue weighted by Crippen LogP contribution is -2.27. The molecule has 7 heteroatoms. The molecule has 2 saturated heterocycles. The Morgan fingerprint density at radius 3 is 2.69 bits per heavy atom. The summed E-state index contributed by atoms with van der Waals surface area (Å²) in [6.07, 6.45) is 2.84. The zero-order valence-corrected chi connectivity index (χ0v) is 18.5. The lowest BCUT2D eigenvalue weighted by Gasteiger charge is -2.23. The molecule has 3 heterocycles. The average Bonchev–Trinajstić information content (AvgIpc) is 3.35. The molecule has 4 N–H and O–H groups in total. The summed E-state index contributed by atoms with van der Waals surface area (Å²) in [6, 6.07) is 14.1. The van der Waals surface area contributed by atoms with Crippen molar-refractivity contribution in [2.24, 2.45) is 0 Å². The van der Waals surface area contributed by atoms with Crippen LogP contribution in [0.5, 0.6) is 0 Å². The van der Waals surface area contributed by atoms with Crippen LogP contribution in [0, 0.1) is 0 Å². The Hall–Kier alpha value is -2.74. The van der Waals surface area contributed by atoms with Crippen molar-refractivity contribution in [2.45, 2.75) is 50.8 Å². The van der Waals surface area contributed by atoms with Crippen molar-refractivity contribution in [3.8, 4) is 0 Å². The van der Waals surface area contributed by atoms with Gasteiger partial charge in [0, 0.05) is 23.8 Å². The second-order valence-corrected chi connectivity index (χ2v) is 9.18. The maximum absolute atomic E-state index is 12.8. The number of nitrogens with zero attached hydrogens (tertiary/aromatic N) is 2. The van der Waals surface area contributed by atoms with E-state index in [2.05, 4.69) is 44.6 Å². The highest BCUT2D eigenvalue weighted by atomic mass is 16.3. The normalized spacial score (nSPS) is 22.4. The molecule has 0 bridgehead atoms. The molecule has 2 fully saturated rings. The van der Waals surface area contributed by atoms with Crippen molar-refractivity contribution in [3.63, 3.8) is 0 Å². The third kappa shape index (κ3) is 4.55. The first-order valence-electron chi connectivity index (χ1n) is 11.6. The van der Waals surface area contributed by atoms with Crippen LogP contribution in [0.25, 0.3) is 11.0 Å². The smallest absolute Gasteiger partial charge is 0.255 e. The molecule has 0 aliphatic carbocycles. The standard InChI is InChI=1S/C25H31N5O2/c1-16-12-21(31)14-30(16)15-24-28-22-7-6-20(13-23(22)29-24)27-25(32)19-4-2-17(3-5-19)18-8-10-26-11-9-18/h2-7,13,16,18,21,26,31H,8-12,14-15H2,1H3,(H,27,32)(H,28,29)/t16-,21-/m0/s1. The van der Waals surface area contributed by atoms with Gasteiger partial charge >= 0.3 is 0 Å². The van der Waals surface area contributed by atoms with Crippen LogP contribution in [0.4, 0.5) is 5.69 Å². The number of nitrogens with one attached hydrogen (secondary N) is 3. The number of anilines is 1. The number of piperidine rings is 1. The Labute approximate surface area is 188 Å². The number of β-amino-alcohol motifs (C(OH)–C–C–N with tert-alkyl or cyclic N) is 1. The van der Waals surface area contributed by atoms with Gasteiger partial charge in [-0.2, -0.15) is 0 Å². The minimum absolute atomic E-state index is 0.110. The quantitative estimate of drug-likeness (QED) is 0.496. The second kappa shape index (κ2) is 9.02. The summed E-state index contributed by atoms with van der Waals surface area (Å²) in [5.41, 5.74) is 4.48. The van der Waals surface area contributed by atoms with E-state index in [0.717, 1.165) is 54.9 Å². The molecule has 2 aliphatic rings. The first-order chi connectivity index (χ1) is 15.5. The molecule has 5 rings (SSSR count). The molecule has 0 spiro atoms. The van der Waals surface area contributed by atoms with Crippen molar-refractivity contribution in [2.75, 3.05) is 25.0 Å². The van der Waals surface area contributed by atoms with Gasteiger partial charge in [0.25, 0.3) is 5.91 Å². The van der Waals surface area contributed by atoms with Crippen molar-refractivity contribution >= 4 is 22.6 Å². The van der Waals surface area contributed by atoms with Crippen LogP contribution in [0.1, 0.15) is 53.8 Å². The number of hydrogen-bond donors (Lipinski definition) is 4. The van der Waals surface area contributed by atoms with Crippen LogP contribution in [-0.2, 0) is 6.54 Å². The predicted molar refractivity (Wildman–Crippen MR) is 126 cm³/mol. The molecular formula is C25H31N5O2. The summed E-state index contributed by atoms with van der Waals surface area (Å²) < 4.78 is 0. The van der Waals surface area contributed by atoms with E-state index in [0.29, 0.717) is 30.6 Å². The highest BCUT2D eigenvalue weighted by Crippen LogP contribution is 2.26. The van der Waals surface area contributed by atoms with E-state index in [1.54, 1.807) is 0 Å². The van der Waals surface area contributed by atoms with E-state index in [1.807, 2.05) is 30.3 Å². The van der Waals surface area contributed by atoms with Crippen LogP contribution in [0.3, 0.4) is 0 Å². The van der Waals surface area contributed by atoms with Crippen LogP contribution < -0.4 is 10.6 Å². The maximum atomic E-state index is 12.8. The summed E-state index contributed by atoms with van der Waals surface area (Å²) in [4.78, 5) is 23.0. The fraction of sp³-hybridized carbons (Fsp3) is 0.440. The van der Waals surface area contributed by atoms with Crippen LogP contribution in [-0.4, -0.2) is 57.7 Å². The van der Waals surface area contributed by atoms with Gasteiger partial charge in [0.15, 0.2) is 0 Å². The van der Waals surface area contributed by atoms with E-state index >= 15 is 0 Å². The Kier molecular flexibility index (Phi) is 5.95. The Morgan fingerprint density at radius 2 is 1.97 bits per heavy atom. The molecule has 2 aliphatic heterocycles. The Bertz CT molecular complexity index is 1090. The maximum Gasteiger partial charge on any atom is 0.255 e. The van der Waals surface area contributed by atoms with Crippen LogP contribution in [0.2, 0.25) is 0 Å². The second-order valence-electron chi connectivity index (χ2n) is 9.18. The molecule has 1 amide bonds. The number of likely N-dealkylation sites (tertiary alicyclic amines) is 1. The van der Waals surface area contributed by atoms with Gasteiger partial charge in [0.2, 0.25) is 0 Å². The number of fused-ring (bicyclic) bond motifs is 1. The summed E-state index contributed by atoms with van der Waals surface area (Å²) in [5, 5.41) is 16.3. The molecule has 0 radical (unpaired) electrons. The molecule has 3 aromatic rings. The number of hydrogen-bond acceptors (Lipinski definition) is 5. The number of amides is 1. The minimum Gasteiger partial charge on any atom is -0.392 e. The molecular weight excluding hydrogens is 402 g/mol.